The van der Waals surface area contributed by atoms with Crippen LogP contribution in [0.3, 0.4) is 0 Å². The van der Waals surface area contributed by atoms with E-state index < -0.39 is 6.36 Å². The minimum Gasteiger partial charge on any atom is -0.406 e. The molecule has 6 heteroatoms. The van der Waals surface area contributed by atoms with Gasteiger partial charge in [0.1, 0.15) is 11.4 Å². The van der Waals surface area contributed by atoms with Crippen molar-refractivity contribution in [2.45, 2.75) is 6.36 Å². The molecule has 2 rings (SSSR count). The van der Waals surface area contributed by atoms with Crippen LogP contribution in [-0.2, 0) is 0 Å². The van der Waals surface area contributed by atoms with Crippen molar-refractivity contribution in [3.8, 4) is 17.0 Å². The van der Waals surface area contributed by atoms with Crippen molar-refractivity contribution in [1.82, 2.24) is 4.98 Å². The molecule has 3 nitrogen and oxygen atoms in total. The fraction of sp³-hybridized carbons (Fsp3) is 0.0769. The van der Waals surface area contributed by atoms with E-state index in [1.54, 1.807) is 18.2 Å². The Labute approximate surface area is 106 Å². The largest absolute Gasteiger partial charge is 0.573 e. The first kappa shape index (κ1) is 13.1. The average molecular weight is 267 g/mol. The molecule has 0 bridgehead atoms. The summed E-state index contributed by atoms with van der Waals surface area (Å²) in [4.78, 5) is 14.6. The van der Waals surface area contributed by atoms with E-state index in [2.05, 4.69) is 9.72 Å². The van der Waals surface area contributed by atoms with Crippen molar-refractivity contribution in [1.29, 1.82) is 0 Å². The zero-order valence-corrected chi connectivity index (χ0v) is 9.52. The molecule has 1 aromatic carbocycles. The zero-order chi connectivity index (χ0) is 13.9. The first-order chi connectivity index (χ1) is 8.98. The monoisotopic (exact) mass is 267 g/mol. The second-order valence-electron chi connectivity index (χ2n) is 3.64. The fourth-order valence-electron chi connectivity index (χ4n) is 1.53. The molecule has 0 saturated heterocycles. The SMILES string of the molecule is O=Cc1cccc(-c2cccc(OC(F)(F)F)c2)n1. The van der Waals surface area contributed by atoms with Crippen molar-refractivity contribution < 1.29 is 22.7 Å². The van der Waals surface area contributed by atoms with Crippen LogP contribution in [0.4, 0.5) is 13.2 Å². The van der Waals surface area contributed by atoms with Gasteiger partial charge in [0.15, 0.2) is 6.29 Å². The quantitative estimate of drug-likeness (QED) is 0.799. The lowest BCUT2D eigenvalue weighted by molar-refractivity contribution is -0.274. The number of ether oxygens (including phenoxy) is 1. The molecule has 0 aliphatic heterocycles. The predicted octanol–water partition coefficient (Wildman–Crippen LogP) is 3.46. The van der Waals surface area contributed by atoms with Crippen molar-refractivity contribution in [3.63, 3.8) is 0 Å². The Morgan fingerprint density at radius 1 is 1.11 bits per heavy atom. The standard InChI is InChI=1S/C13H8F3NO2/c14-13(15,16)19-11-5-1-3-9(7-11)12-6-2-4-10(8-18)17-12/h1-8H. The van der Waals surface area contributed by atoms with Crippen LogP contribution < -0.4 is 4.74 Å². The predicted molar refractivity (Wildman–Crippen MR) is 61.7 cm³/mol. The smallest absolute Gasteiger partial charge is 0.406 e. The highest BCUT2D eigenvalue weighted by Gasteiger charge is 2.31. The Balaban J connectivity index is 2.34. The minimum absolute atomic E-state index is 0.208. The summed E-state index contributed by atoms with van der Waals surface area (Å²) >= 11 is 0. The molecule has 0 aliphatic carbocycles. The summed E-state index contributed by atoms with van der Waals surface area (Å²) in [5.41, 5.74) is 1.04. The van der Waals surface area contributed by atoms with Crippen molar-refractivity contribution in [2.24, 2.45) is 0 Å². The second-order valence-corrected chi connectivity index (χ2v) is 3.64. The van der Waals surface area contributed by atoms with Gasteiger partial charge in [-0.25, -0.2) is 4.98 Å². The number of rotatable bonds is 3. The number of alkyl halides is 3. The Kier molecular flexibility index (Phi) is 3.50. The highest BCUT2D eigenvalue weighted by molar-refractivity contribution is 5.74. The van der Waals surface area contributed by atoms with Crippen LogP contribution in [0.1, 0.15) is 10.5 Å². The molecule has 98 valence electrons. The molecule has 0 radical (unpaired) electrons. The number of carbonyl (C=O) groups excluding carboxylic acids is 1. The highest BCUT2D eigenvalue weighted by atomic mass is 19.4. The number of nitrogens with zero attached hydrogens (tertiary/aromatic N) is 1. The van der Waals surface area contributed by atoms with E-state index in [9.17, 15) is 18.0 Å². The maximum atomic E-state index is 12.1. The molecule has 0 fully saturated rings. The molecule has 1 aromatic heterocycles. The van der Waals surface area contributed by atoms with Crippen LogP contribution in [-0.4, -0.2) is 17.6 Å². The molecular formula is C13H8F3NO2. The lowest BCUT2D eigenvalue weighted by Crippen LogP contribution is -2.17. The average Bonchev–Trinajstić information content (AvgIpc) is 2.37. The Morgan fingerprint density at radius 3 is 2.53 bits per heavy atom. The van der Waals surface area contributed by atoms with Gasteiger partial charge in [-0.3, -0.25) is 4.79 Å². The molecule has 0 N–H and O–H groups in total. The number of aromatic nitrogens is 1. The summed E-state index contributed by atoms with van der Waals surface area (Å²) in [5.74, 6) is -0.330. The van der Waals surface area contributed by atoms with Crippen LogP contribution in [0, 0.1) is 0 Å². The van der Waals surface area contributed by atoms with Crippen LogP contribution >= 0.6 is 0 Å². The van der Waals surface area contributed by atoms with Crippen LogP contribution in [0.2, 0.25) is 0 Å². The molecule has 1 heterocycles. The third-order valence-electron chi connectivity index (χ3n) is 2.25. The fourth-order valence-corrected chi connectivity index (χ4v) is 1.53. The van der Waals surface area contributed by atoms with E-state index in [0.29, 0.717) is 17.5 Å². The van der Waals surface area contributed by atoms with Gasteiger partial charge >= 0.3 is 6.36 Å². The molecular weight excluding hydrogens is 259 g/mol. The molecule has 19 heavy (non-hydrogen) atoms. The van der Waals surface area contributed by atoms with Gasteiger partial charge in [0.25, 0.3) is 0 Å². The number of benzene rings is 1. The molecule has 0 amide bonds. The molecule has 0 unspecified atom stereocenters. The highest BCUT2D eigenvalue weighted by Crippen LogP contribution is 2.27. The van der Waals surface area contributed by atoms with E-state index >= 15 is 0 Å². The summed E-state index contributed by atoms with van der Waals surface area (Å²) in [5, 5.41) is 0. The van der Waals surface area contributed by atoms with E-state index in [-0.39, 0.29) is 11.4 Å². The summed E-state index contributed by atoms with van der Waals surface area (Å²) in [7, 11) is 0. The molecule has 2 aromatic rings. The van der Waals surface area contributed by atoms with Crippen molar-refractivity contribution in [3.05, 3.63) is 48.2 Å². The second kappa shape index (κ2) is 5.09. The van der Waals surface area contributed by atoms with Crippen molar-refractivity contribution >= 4 is 6.29 Å². The molecule has 0 atom stereocenters. The van der Waals surface area contributed by atoms with Gasteiger partial charge in [-0.05, 0) is 24.3 Å². The number of carbonyl (C=O) groups is 1. The number of hydrogen-bond acceptors (Lipinski definition) is 3. The summed E-state index contributed by atoms with van der Waals surface area (Å²) in [6.45, 7) is 0. The summed E-state index contributed by atoms with van der Waals surface area (Å²) in [6, 6.07) is 10.1. The number of halogens is 3. The van der Waals surface area contributed by atoms with E-state index in [1.807, 2.05) is 0 Å². The zero-order valence-electron chi connectivity index (χ0n) is 9.52. The maximum Gasteiger partial charge on any atom is 0.573 e. The van der Waals surface area contributed by atoms with Gasteiger partial charge < -0.3 is 4.74 Å². The van der Waals surface area contributed by atoms with Crippen LogP contribution in [0.5, 0.6) is 5.75 Å². The van der Waals surface area contributed by atoms with Crippen molar-refractivity contribution in [2.75, 3.05) is 0 Å². The lowest BCUT2D eigenvalue weighted by Gasteiger charge is -2.09. The van der Waals surface area contributed by atoms with Gasteiger partial charge in [0, 0.05) is 5.56 Å². The van der Waals surface area contributed by atoms with Crippen LogP contribution in [0.25, 0.3) is 11.3 Å². The number of aldehydes is 1. The van der Waals surface area contributed by atoms with E-state index in [4.69, 9.17) is 0 Å². The van der Waals surface area contributed by atoms with Crippen LogP contribution in [0.15, 0.2) is 42.5 Å². The molecule has 0 saturated carbocycles. The van der Waals surface area contributed by atoms with Gasteiger partial charge in [-0.2, -0.15) is 0 Å². The Hall–Kier alpha value is -2.37. The first-order valence-electron chi connectivity index (χ1n) is 5.26. The third-order valence-corrected chi connectivity index (χ3v) is 2.25. The lowest BCUT2D eigenvalue weighted by atomic mass is 10.1. The van der Waals surface area contributed by atoms with Gasteiger partial charge in [0.2, 0.25) is 0 Å². The minimum atomic E-state index is -4.74. The third kappa shape index (κ3) is 3.54. The molecule has 0 spiro atoms. The number of pyridine rings is 1. The van der Waals surface area contributed by atoms with E-state index in [1.165, 1.54) is 24.3 Å². The maximum absolute atomic E-state index is 12.1. The Morgan fingerprint density at radius 2 is 1.84 bits per heavy atom. The van der Waals surface area contributed by atoms with Gasteiger partial charge in [0.05, 0.1) is 5.69 Å². The normalized spacial score (nSPS) is 11.1. The van der Waals surface area contributed by atoms with E-state index in [0.717, 1.165) is 0 Å². The number of hydrogen-bond donors (Lipinski definition) is 0. The first-order valence-corrected chi connectivity index (χ1v) is 5.26. The molecule has 0 aliphatic rings. The topological polar surface area (TPSA) is 39.2 Å². The van der Waals surface area contributed by atoms with Gasteiger partial charge in [-0.1, -0.05) is 18.2 Å². The Bertz CT molecular complexity index is 596. The summed E-state index contributed by atoms with van der Waals surface area (Å²) in [6.07, 6.45) is -4.17. The van der Waals surface area contributed by atoms with Gasteiger partial charge in [-0.15, -0.1) is 13.2 Å². The summed E-state index contributed by atoms with van der Waals surface area (Å²) < 4.78 is 40.2.